The van der Waals surface area contributed by atoms with Crippen molar-refractivity contribution in [3.8, 4) is 0 Å². The number of benzene rings is 2. The summed E-state index contributed by atoms with van der Waals surface area (Å²) in [7, 11) is -4.02. The quantitative estimate of drug-likeness (QED) is 0.485. The number of nitrogens with zero attached hydrogens (tertiary/aromatic N) is 2. The highest BCUT2D eigenvalue weighted by Crippen LogP contribution is 2.21. The van der Waals surface area contributed by atoms with E-state index in [4.69, 9.17) is 0 Å². The third-order valence-electron chi connectivity index (χ3n) is 5.30. The van der Waals surface area contributed by atoms with Crippen molar-refractivity contribution in [2.75, 3.05) is 23.7 Å². The summed E-state index contributed by atoms with van der Waals surface area (Å²) in [6.45, 7) is 5.29. The molecule has 0 bridgehead atoms. The van der Waals surface area contributed by atoms with E-state index >= 15 is 0 Å². The van der Waals surface area contributed by atoms with Crippen molar-refractivity contribution in [2.45, 2.75) is 46.2 Å². The number of anilines is 1. The predicted octanol–water partition coefficient (Wildman–Crippen LogP) is 3.37. The Labute approximate surface area is 199 Å². The maximum Gasteiger partial charge on any atom is 0.244 e. The Morgan fingerprint density at radius 2 is 1.79 bits per heavy atom. The van der Waals surface area contributed by atoms with Crippen LogP contribution in [0, 0.1) is 18.6 Å². The minimum Gasteiger partial charge on any atom is -0.354 e. The molecular weight excluding hydrogens is 464 g/mol. The third-order valence-corrected chi connectivity index (χ3v) is 6.44. The number of halogens is 2. The first-order chi connectivity index (χ1) is 15.9. The summed E-state index contributed by atoms with van der Waals surface area (Å²) in [5, 5.41) is 2.79. The summed E-state index contributed by atoms with van der Waals surface area (Å²) in [5.74, 6) is -3.40. The van der Waals surface area contributed by atoms with Gasteiger partial charge in [0.15, 0.2) is 11.6 Å². The minimum absolute atomic E-state index is 0.0677. The zero-order chi connectivity index (χ0) is 25.5. The molecule has 0 unspecified atom stereocenters. The molecule has 0 spiro atoms. The number of sulfonamides is 1. The lowest BCUT2D eigenvalue weighted by atomic mass is 10.1. The highest BCUT2D eigenvalue weighted by molar-refractivity contribution is 7.92. The molecule has 2 amide bonds. The number of carbonyl (C=O) groups excluding carboxylic acids is 2. The van der Waals surface area contributed by atoms with Crippen molar-refractivity contribution >= 4 is 27.5 Å². The number of nitrogens with one attached hydrogen (secondary N) is 1. The fraction of sp³-hybridized carbons (Fsp3) is 0.417. The van der Waals surface area contributed by atoms with Crippen LogP contribution in [0.2, 0.25) is 0 Å². The standard InChI is InChI=1S/C24H31F2N3O4S/c1-5-6-12-27-24(31)18(3)28(15-19-9-7-8-17(2)13-19)23(30)16-29(34(4,32)33)20-10-11-21(25)22(26)14-20/h7-11,13-14,18H,5-6,12,15-16H2,1-4H3,(H,27,31)/t18-/m1/s1. The zero-order valence-electron chi connectivity index (χ0n) is 19.8. The van der Waals surface area contributed by atoms with E-state index in [1.165, 1.54) is 4.90 Å². The summed E-state index contributed by atoms with van der Waals surface area (Å²) < 4.78 is 52.7. The number of rotatable bonds is 11. The van der Waals surface area contributed by atoms with Gasteiger partial charge in [-0.25, -0.2) is 17.2 Å². The third kappa shape index (κ3) is 7.51. The Balaban J connectivity index is 2.37. The van der Waals surface area contributed by atoms with Crippen LogP contribution in [0.3, 0.4) is 0 Å². The number of hydrogen-bond donors (Lipinski definition) is 1. The molecule has 1 N–H and O–H groups in total. The highest BCUT2D eigenvalue weighted by atomic mass is 32.2. The monoisotopic (exact) mass is 495 g/mol. The second kappa shape index (κ2) is 11.9. The van der Waals surface area contributed by atoms with Gasteiger partial charge in [-0.05, 0) is 38.0 Å². The van der Waals surface area contributed by atoms with Crippen molar-refractivity contribution in [1.29, 1.82) is 0 Å². The average molecular weight is 496 g/mol. The molecule has 0 aliphatic rings. The summed E-state index contributed by atoms with van der Waals surface area (Å²) in [4.78, 5) is 27.4. The largest absolute Gasteiger partial charge is 0.354 e. The molecule has 2 aromatic carbocycles. The van der Waals surface area contributed by atoms with Gasteiger partial charge in [-0.1, -0.05) is 43.2 Å². The van der Waals surface area contributed by atoms with Gasteiger partial charge in [-0.15, -0.1) is 0 Å². The van der Waals surface area contributed by atoms with Gasteiger partial charge in [0, 0.05) is 19.2 Å². The lowest BCUT2D eigenvalue weighted by Crippen LogP contribution is -2.51. The van der Waals surface area contributed by atoms with Gasteiger partial charge in [-0.2, -0.15) is 0 Å². The smallest absolute Gasteiger partial charge is 0.244 e. The molecule has 2 aromatic rings. The summed E-state index contributed by atoms with van der Waals surface area (Å²) >= 11 is 0. The van der Waals surface area contributed by atoms with E-state index in [1.54, 1.807) is 13.0 Å². The molecule has 0 fully saturated rings. The maximum absolute atomic E-state index is 13.8. The number of carbonyl (C=O) groups is 2. The molecule has 0 saturated heterocycles. The SMILES string of the molecule is CCCCNC(=O)[C@@H](C)N(Cc1cccc(C)c1)C(=O)CN(c1ccc(F)c(F)c1)S(C)(=O)=O. The molecule has 34 heavy (non-hydrogen) atoms. The van der Waals surface area contributed by atoms with Gasteiger partial charge < -0.3 is 10.2 Å². The van der Waals surface area contributed by atoms with Gasteiger partial charge in [0.1, 0.15) is 12.6 Å². The molecule has 1 atom stereocenters. The summed E-state index contributed by atoms with van der Waals surface area (Å²) in [5.41, 5.74) is 1.54. The van der Waals surface area contributed by atoms with Crippen molar-refractivity contribution in [1.82, 2.24) is 10.2 Å². The Kier molecular flexibility index (Phi) is 9.55. The van der Waals surface area contributed by atoms with Crippen LogP contribution in [0.25, 0.3) is 0 Å². The fourth-order valence-corrected chi connectivity index (χ4v) is 4.22. The molecule has 2 rings (SSSR count). The molecule has 7 nitrogen and oxygen atoms in total. The van der Waals surface area contributed by atoms with E-state index in [0.717, 1.165) is 48.4 Å². The molecule has 186 valence electrons. The Morgan fingerprint density at radius 3 is 2.38 bits per heavy atom. The molecule has 0 aliphatic carbocycles. The normalized spacial score (nSPS) is 12.2. The van der Waals surface area contributed by atoms with Crippen LogP contribution in [-0.2, 0) is 26.2 Å². The van der Waals surface area contributed by atoms with Crippen LogP contribution in [0.15, 0.2) is 42.5 Å². The van der Waals surface area contributed by atoms with E-state index in [9.17, 15) is 26.8 Å². The van der Waals surface area contributed by atoms with Gasteiger partial charge in [0.25, 0.3) is 0 Å². The second-order valence-electron chi connectivity index (χ2n) is 8.20. The van der Waals surface area contributed by atoms with Crippen molar-refractivity contribution < 1.29 is 26.8 Å². The number of hydrogen-bond acceptors (Lipinski definition) is 4. The number of amides is 2. The van der Waals surface area contributed by atoms with Crippen LogP contribution in [-0.4, -0.2) is 50.5 Å². The lowest BCUT2D eigenvalue weighted by Gasteiger charge is -2.31. The molecule has 0 aliphatic heterocycles. The number of unbranched alkanes of at least 4 members (excludes halogenated alkanes) is 1. The maximum atomic E-state index is 13.8. The van der Waals surface area contributed by atoms with E-state index in [-0.39, 0.29) is 18.1 Å². The zero-order valence-corrected chi connectivity index (χ0v) is 20.7. The average Bonchev–Trinajstić information content (AvgIpc) is 2.76. The van der Waals surface area contributed by atoms with Gasteiger partial charge in [0.2, 0.25) is 21.8 Å². The molecule has 0 aromatic heterocycles. The highest BCUT2D eigenvalue weighted by Gasteiger charge is 2.30. The van der Waals surface area contributed by atoms with E-state index in [0.29, 0.717) is 10.8 Å². The molecule has 0 heterocycles. The van der Waals surface area contributed by atoms with Gasteiger partial charge >= 0.3 is 0 Å². The van der Waals surface area contributed by atoms with Crippen LogP contribution in [0.4, 0.5) is 14.5 Å². The first kappa shape index (κ1) is 27.2. The Hall–Kier alpha value is -3.01. The predicted molar refractivity (Wildman–Crippen MR) is 128 cm³/mol. The van der Waals surface area contributed by atoms with Crippen LogP contribution >= 0.6 is 0 Å². The topological polar surface area (TPSA) is 86.8 Å². The Morgan fingerprint density at radius 1 is 1.09 bits per heavy atom. The van der Waals surface area contributed by atoms with Crippen LogP contribution in [0.1, 0.15) is 37.8 Å². The molecule has 0 saturated carbocycles. The van der Waals surface area contributed by atoms with E-state index < -0.39 is 40.2 Å². The summed E-state index contributed by atoms with van der Waals surface area (Å²) in [6, 6.07) is 9.09. The first-order valence-electron chi connectivity index (χ1n) is 11.0. The van der Waals surface area contributed by atoms with Crippen LogP contribution < -0.4 is 9.62 Å². The molecule has 0 radical (unpaired) electrons. The summed E-state index contributed by atoms with van der Waals surface area (Å²) in [6.07, 6.45) is 2.54. The number of aryl methyl sites for hydroxylation is 1. The van der Waals surface area contributed by atoms with Crippen molar-refractivity contribution in [3.63, 3.8) is 0 Å². The lowest BCUT2D eigenvalue weighted by molar-refractivity contribution is -0.139. The van der Waals surface area contributed by atoms with E-state index in [1.807, 2.05) is 32.0 Å². The Bertz CT molecular complexity index is 1120. The molecule has 10 heteroatoms. The van der Waals surface area contributed by atoms with Crippen LogP contribution in [0.5, 0.6) is 0 Å². The van der Waals surface area contributed by atoms with Gasteiger partial charge in [-0.3, -0.25) is 13.9 Å². The van der Waals surface area contributed by atoms with Gasteiger partial charge in [0.05, 0.1) is 11.9 Å². The van der Waals surface area contributed by atoms with Crippen molar-refractivity contribution in [2.24, 2.45) is 0 Å². The van der Waals surface area contributed by atoms with Crippen molar-refractivity contribution in [3.05, 3.63) is 65.2 Å². The fourth-order valence-electron chi connectivity index (χ4n) is 3.38. The minimum atomic E-state index is -4.02. The van der Waals surface area contributed by atoms with E-state index in [2.05, 4.69) is 5.32 Å². The second-order valence-corrected chi connectivity index (χ2v) is 10.1. The molecular formula is C24H31F2N3O4S. The first-order valence-corrected chi connectivity index (χ1v) is 12.8.